The van der Waals surface area contributed by atoms with Crippen molar-refractivity contribution in [2.24, 2.45) is 17.8 Å². The molecule has 2 heteroatoms. The molecule has 4 atom stereocenters. The number of rotatable bonds is 6. The molecule has 2 aliphatic rings. The highest BCUT2D eigenvalue weighted by Gasteiger charge is 2.38. The molecule has 2 nitrogen and oxygen atoms in total. The van der Waals surface area contributed by atoms with E-state index in [2.05, 4.69) is 37.9 Å². The second-order valence-corrected chi connectivity index (χ2v) is 6.74. The van der Waals surface area contributed by atoms with E-state index in [0.717, 1.165) is 30.3 Å². The minimum absolute atomic E-state index is 0.715. The van der Waals surface area contributed by atoms with Crippen LogP contribution < -0.4 is 5.32 Å². The summed E-state index contributed by atoms with van der Waals surface area (Å²) in [6.45, 7) is 13.2. The van der Waals surface area contributed by atoms with Crippen molar-refractivity contribution in [2.75, 3.05) is 19.6 Å². The Labute approximate surface area is 114 Å². The first-order chi connectivity index (χ1) is 8.65. The zero-order valence-corrected chi connectivity index (χ0v) is 12.8. The molecule has 2 aliphatic carbocycles. The molecule has 2 saturated carbocycles. The number of nitrogens with zero attached hydrogens (tertiary/aromatic N) is 1. The maximum atomic E-state index is 3.76. The summed E-state index contributed by atoms with van der Waals surface area (Å²) in [5.41, 5.74) is 0. The van der Waals surface area contributed by atoms with Crippen molar-refractivity contribution in [2.45, 2.75) is 65.5 Å². The molecule has 2 fully saturated rings. The van der Waals surface area contributed by atoms with E-state index in [9.17, 15) is 0 Å². The molecule has 0 bridgehead atoms. The smallest absolute Gasteiger partial charge is 0.0275 e. The number of hydrogen-bond acceptors (Lipinski definition) is 2. The molecule has 106 valence electrons. The van der Waals surface area contributed by atoms with Crippen LogP contribution in [0.25, 0.3) is 0 Å². The fourth-order valence-electron chi connectivity index (χ4n) is 4.01. The Morgan fingerprint density at radius 2 is 1.83 bits per heavy atom. The van der Waals surface area contributed by atoms with E-state index in [4.69, 9.17) is 0 Å². The second-order valence-electron chi connectivity index (χ2n) is 6.74. The molecule has 0 aliphatic heterocycles. The van der Waals surface area contributed by atoms with Crippen LogP contribution in [0.1, 0.15) is 53.4 Å². The van der Waals surface area contributed by atoms with Crippen LogP contribution in [0.5, 0.6) is 0 Å². The van der Waals surface area contributed by atoms with Crippen molar-refractivity contribution >= 4 is 0 Å². The van der Waals surface area contributed by atoms with Gasteiger partial charge < -0.3 is 5.32 Å². The Balaban J connectivity index is 2.02. The average Bonchev–Trinajstić information content (AvgIpc) is 3.11. The third-order valence-corrected chi connectivity index (χ3v) is 4.91. The lowest BCUT2D eigenvalue weighted by Gasteiger charge is -2.46. The fourth-order valence-corrected chi connectivity index (χ4v) is 4.01. The topological polar surface area (TPSA) is 15.3 Å². The van der Waals surface area contributed by atoms with Gasteiger partial charge in [-0.05, 0) is 56.5 Å². The Morgan fingerprint density at radius 3 is 2.39 bits per heavy atom. The van der Waals surface area contributed by atoms with E-state index >= 15 is 0 Å². The largest absolute Gasteiger partial charge is 0.313 e. The van der Waals surface area contributed by atoms with Crippen LogP contribution in [0.2, 0.25) is 0 Å². The van der Waals surface area contributed by atoms with Crippen molar-refractivity contribution in [3.05, 3.63) is 0 Å². The summed E-state index contributed by atoms with van der Waals surface area (Å²) in [4.78, 5) is 2.78. The van der Waals surface area contributed by atoms with E-state index in [-0.39, 0.29) is 0 Å². The highest BCUT2D eigenvalue weighted by molar-refractivity contribution is 4.95. The first kappa shape index (κ1) is 14.3. The van der Waals surface area contributed by atoms with Crippen LogP contribution in [0.15, 0.2) is 0 Å². The van der Waals surface area contributed by atoms with Crippen LogP contribution >= 0.6 is 0 Å². The van der Waals surface area contributed by atoms with Gasteiger partial charge in [0.2, 0.25) is 0 Å². The number of hydrogen-bond donors (Lipinski definition) is 1. The molecule has 0 saturated heterocycles. The van der Waals surface area contributed by atoms with Gasteiger partial charge in [0.05, 0.1) is 0 Å². The van der Waals surface area contributed by atoms with Crippen molar-refractivity contribution in [1.29, 1.82) is 0 Å². The SMILES string of the molecule is CCNC1CC(C)CC(C)C1N(CC)CC1CC1. The van der Waals surface area contributed by atoms with E-state index in [1.165, 1.54) is 38.8 Å². The Morgan fingerprint density at radius 1 is 1.11 bits per heavy atom. The minimum Gasteiger partial charge on any atom is -0.313 e. The van der Waals surface area contributed by atoms with Gasteiger partial charge in [-0.15, -0.1) is 0 Å². The zero-order chi connectivity index (χ0) is 13.1. The number of likely N-dealkylation sites (N-methyl/N-ethyl adjacent to an activating group) is 2. The maximum Gasteiger partial charge on any atom is 0.0275 e. The summed E-state index contributed by atoms with van der Waals surface area (Å²) in [5.74, 6) is 2.75. The molecule has 0 spiro atoms. The monoisotopic (exact) mass is 252 g/mol. The third kappa shape index (κ3) is 3.48. The van der Waals surface area contributed by atoms with E-state index in [0.29, 0.717) is 6.04 Å². The van der Waals surface area contributed by atoms with Crippen LogP contribution in [0, 0.1) is 17.8 Å². The van der Waals surface area contributed by atoms with Gasteiger partial charge >= 0.3 is 0 Å². The molecule has 1 N–H and O–H groups in total. The van der Waals surface area contributed by atoms with Crippen LogP contribution in [0.3, 0.4) is 0 Å². The maximum absolute atomic E-state index is 3.76. The van der Waals surface area contributed by atoms with E-state index in [1.807, 2.05) is 0 Å². The fraction of sp³-hybridized carbons (Fsp3) is 1.00. The van der Waals surface area contributed by atoms with Crippen LogP contribution in [0.4, 0.5) is 0 Å². The van der Waals surface area contributed by atoms with Gasteiger partial charge in [0.25, 0.3) is 0 Å². The molecule has 0 heterocycles. The number of nitrogens with one attached hydrogen (secondary N) is 1. The predicted molar refractivity (Wildman–Crippen MR) is 78.8 cm³/mol. The van der Waals surface area contributed by atoms with Crippen molar-refractivity contribution in [3.8, 4) is 0 Å². The van der Waals surface area contributed by atoms with Gasteiger partial charge in [0.15, 0.2) is 0 Å². The van der Waals surface area contributed by atoms with E-state index < -0.39 is 0 Å². The summed E-state index contributed by atoms with van der Waals surface area (Å²) < 4.78 is 0. The molecule has 18 heavy (non-hydrogen) atoms. The Kier molecular flexibility index (Phi) is 5.08. The lowest BCUT2D eigenvalue weighted by molar-refractivity contribution is 0.0622. The summed E-state index contributed by atoms with van der Waals surface area (Å²) >= 11 is 0. The summed E-state index contributed by atoms with van der Waals surface area (Å²) in [5, 5.41) is 3.76. The third-order valence-electron chi connectivity index (χ3n) is 4.91. The molecule has 4 unspecified atom stereocenters. The molecular formula is C16H32N2. The van der Waals surface area contributed by atoms with Crippen LogP contribution in [-0.2, 0) is 0 Å². The van der Waals surface area contributed by atoms with E-state index in [1.54, 1.807) is 0 Å². The van der Waals surface area contributed by atoms with Gasteiger partial charge in [0, 0.05) is 18.6 Å². The average molecular weight is 252 g/mol. The standard InChI is InChI=1S/C16H32N2/c1-5-17-15-10-12(3)9-13(4)16(15)18(6-2)11-14-7-8-14/h12-17H,5-11H2,1-4H3. The quantitative estimate of drug-likeness (QED) is 0.781. The highest BCUT2D eigenvalue weighted by Crippen LogP contribution is 2.36. The lowest BCUT2D eigenvalue weighted by atomic mass is 9.75. The molecule has 0 aromatic rings. The molecule has 0 radical (unpaired) electrons. The van der Waals surface area contributed by atoms with Gasteiger partial charge in [-0.2, -0.15) is 0 Å². The van der Waals surface area contributed by atoms with Gasteiger partial charge in [-0.25, -0.2) is 0 Å². The molecule has 0 aromatic carbocycles. The van der Waals surface area contributed by atoms with Gasteiger partial charge in [-0.1, -0.05) is 27.7 Å². The van der Waals surface area contributed by atoms with Gasteiger partial charge in [-0.3, -0.25) is 4.90 Å². The van der Waals surface area contributed by atoms with Crippen molar-refractivity contribution in [3.63, 3.8) is 0 Å². The van der Waals surface area contributed by atoms with Gasteiger partial charge in [0.1, 0.15) is 0 Å². The molecule has 0 aromatic heterocycles. The molecule has 0 amide bonds. The summed E-state index contributed by atoms with van der Waals surface area (Å²) in [6, 6.07) is 1.49. The summed E-state index contributed by atoms with van der Waals surface area (Å²) in [6.07, 6.45) is 5.72. The normalized spacial score (nSPS) is 37.2. The van der Waals surface area contributed by atoms with Crippen molar-refractivity contribution < 1.29 is 0 Å². The van der Waals surface area contributed by atoms with Crippen LogP contribution in [-0.4, -0.2) is 36.6 Å². The predicted octanol–water partition coefficient (Wildman–Crippen LogP) is 3.13. The molecular weight excluding hydrogens is 220 g/mol. The second kappa shape index (κ2) is 6.38. The first-order valence-electron chi connectivity index (χ1n) is 8.13. The molecule has 2 rings (SSSR count). The first-order valence-corrected chi connectivity index (χ1v) is 8.13. The minimum atomic E-state index is 0.715. The highest BCUT2D eigenvalue weighted by atomic mass is 15.2. The summed E-state index contributed by atoms with van der Waals surface area (Å²) in [7, 11) is 0. The Bertz CT molecular complexity index is 245. The Hall–Kier alpha value is -0.0800. The zero-order valence-electron chi connectivity index (χ0n) is 12.8. The van der Waals surface area contributed by atoms with Crippen molar-refractivity contribution in [1.82, 2.24) is 10.2 Å². The lowest BCUT2D eigenvalue weighted by Crippen LogP contribution is -2.57.